The molecule has 276 valence electrons. The molecule has 0 spiro atoms. The quantitative estimate of drug-likeness (QED) is 0.152. The van der Waals surface area contributed by atoms with Crippen molar-refractivity contribution >= 4 is 27.5 Å². The van der Waals surface area contributed by atoms with Crippen LogP contribution in [-0.4, -0.2) is 75.9 Å². The highest BCUT2D eigenvalue weighted by Crippen LogP contribution is 2.43. The summed E-state index contributed by atoms with van der Waals surface area (Å²) in [6.07, 6.45) is 5.65. The molecule has 5 heterocycles. The number of piperazine rings is 1. The van der Waals surface area contributed by atoms with E-state index in [0.717, 1.165) is 18.6 Å². The van der Waals surface area contributed by atoms with Gasteiger partial charge in [0.05, 0.1) is 16.5 Å². The highest BCUT2D eigenvalue weighted by atomic mass is 19.3. The van der Waals surface area contributed by atoms with Crippen molar-refractivity contribution in [3.05, 3.63) is 71.5 Å². The molecule has 0 saturated carbocycles. The van der Waals surface area contributed by atoms with E-state index in [-0.39, 0.29) is 82.4 Å². The van der Waals surface area contributed by atoms with E-state index in [1.807, 2.05) is 32.6 Å². The standard InChI is InChI=1S/C34H28F6N6O2.2C2H6/c1-2-22-25(35)5-4-18-10-21(47)12-23(27(18)22)29-28(38)30-24(14-42-29)32(45-9-7-41-20(16-45)11-26(36)37)44-33(43-30)48-17-34-6-3-8-46(34)15-19(13-34)31(39)40;2*1-2/h1,4-5,10-12,14,20,41,47H,3,6-9,13,15-17H2;2*1-2H3/t20?,34-;;/m1../s1. The summed E-state index contributed by atoms with van der Waals surface area (Å²) in [5.74, 6) is 0.559. The molecule has 3 aliphatic rings. The van der Waals surface area contributed by atoms with Gasteiger partial charge in [0.2, 0.25) is 0 Å². The molecule has 4 aromatic rings. The molecule has 0 radical (unpaired) electrons. The van der Waals surface area contributed by atoms with E-state index in [4.69, 9.17) is 11.2 Å². The van der Waals surface area contributed by atoms with Gasteiger partial charge >= 0.3 is 6.01 Å². The molecule has 2 aromatic carbocycles. The molecule has 3 saturated heterocycles. The van der Waals surface area contributed by atoms with E-state index in [0.29, 0.717) is 31.4 Å². The van der Waals surface area contributed by atoms with E-state index < -0.39 is 35.4 Å². The Kier molecular flexibility index (Phi) is 12.0. The Hall–Kier alpha value is -4.87. The van der Waals surface area contributed by atoms with Gasteiger partial charge in [-0.3, -0.25) is 9.88 Å². The van der Waals surface area contributed by atoms with Gasteiger partial charge in [0.15, 0.2) is 5.82 Å². The molecule has 3 fully saturated rings. The summed E-state index contributed by atoms with van der Waals surface area (Å²) < 4.78 is 91.1. The molecule has 1 unspecified atom stereocenters. The van der Waals surface area contributed by atoms with Crippen molar-refractivity contribution in [2.75, 3.05) is 44.2 Å². The molecular weight excluding hydrogens is 686 g/mol. The summed E-state index contributed by atoms with van der Waals surface area (Å²) in [4.78, 5) is 16.9. The van der Waals surface area contributed by atoms with Gasteiger partial charge < -0.3 is 20.1 Å². The van der Waals surface area contributed by atoms with Gasteiger partial charge in [-0.05, 0) is 55.5 Å². The molecule has 14 heteroatoms. The molecular formula is C38H40F6N6O2. The van der Waals surface area contributed by atoms with E-state index in [9.17, 15) is 27.1 Å². The number of pyridine rings is 1. The first kappa shape index (κ1) is 38.4. The summed E-state index contributed by atoms with van der Waals surface area (Å²) in [5, 5.41) is 14.1. The lowest BCUT2D eigenvalue weighted by Gasteiger charge is -2.34. The van der Waals surface area contributed by atoms with Crippen LogP contribution in [0.5, 0.6) is 11.8 Å². The van der Waals surface area contributed by atoms with E-state index in [1.54, 1.807) is 4.90 Å². The van der Waals surface area contributed by atoms with E-state index in [2.05, 4.69) is 26.2 Å². The highest BCUT2D eigenvalue weighted by Gasteiger charge is 2.48. The fourth-order valence-corrected chi connectivity index (χ4v) is 7.17. The van der Waals surface area contributed by atoms with Gasteiger partial charge in [-0.25, -0.2) is 8.78 Å². The molecule has 0 bridgehead atoms. The lowest BCUT2D eigenvalue weighted by atomic mass is 9.94. The number of hydrogen-bond donors (Lipinski definition) is 2. The van der Waals surface area contributed by atoms with Crippen LogP contribution >= 0.6 is 0 Å². The van der Waals surface area contributed by atoms with Crippen molar-refractivity contribution in [2.45, 2.75) is 58.5 Å². The van der Waals surface area contributed by atoms with Crippen molar-refractivity contribution < 1.29 is 36.2 Å². The number of phenols is 1. The van der Waals surface area contributed by atoms with Crippen molar-refractivity contribution in [3.8, 4) is 35.4 Å². The third-order valence-electron chi connectivity index (χ3n) is 9.33. The molecule has 0 aliphatic carbocycles. The van der Waals surface area contributed by atoms with Gasteiger partial charge in [0.1, 0.15) is 35.2 Å². The maximum Gasteiger partial charge on any atom is 0.319 e. The molecule has 8 nitrogen and oxygen atoms in total. The first-order valence-corrected chi connectivity index (χ1v) is 17.3. The van der Waals surface area contributed by atoms with E-state index in [1.165, 1.54) is 24.4 Å². The number of benzene rings is 2. The molecule has 3 aliphatic heterocycles. The predicted molar refractivity (Wildman–Crippen MR) is 190 cm³/mol. The fraction of sp³-hybridized carbons (Fsp3) is 0.395. The average Bonchev–Trinajstić information content (AvgIpc) is 3.70. The van der Waals surface area contributed by atoms with Gasteiger partial charge in [0, 0.05) is 54.9 Å². The van der Waals surface area contributed by atoms with Crippen LogP contribution in [0.1, 0.15) is 52.5 Å². The van der Waals surface area contributed by atoms with Gasteiger partial charge in [0.25, 0.3) is 12.2 Å². The maximum atomic E-state index is 16.7. The number of rotatable bonds is 6. The molecule has 7 rings (SSSR count). The summed E-state index contributed by atoms with van der Waals surface area (Å²) in [6, 6.07) is 4.15. The van der Waals surface area contributed by atoms with E-state index >= 15 is 4.39 Å². The Balaban J connectivity index is 0.00000126. The summed E-state index contributed by atoms with van der Waals surface area (Å²) in [7, 11) is 0. The SMILES string of the molecule is C#Cc1c(F)ccc2cc(O)cc(-c3ncc4c(N5CCNC(C=C(F)F)C5)nc(OC[C@]56CCCN5CC(=C(F)F)C6)nc4c3F)c12.CC.CC. The van der Waals surface area contributed by atoms with Crippen molar-refractivity contribution in [1.29, 1.82) is 0 Å². The number of aromatic hydroxyl groups is 1. The Morgan fingerprint density at radius 2 is 1.88 bits per heavy atom. The second-order valence-electron chi connectivity index (χ2n) is 12.2. The molecule has 2 N–H and O–H groups in total. The number of fused-ring (bicyclic) bond motifs is 3. The number of nitrogens with zero attached hydrogens (tertiary/aromatic N) is 5. The number of terminal acetylenes is 1. The van der Waals surface area contributed by atoms with Crippen LogP contribution in [0.25, 0.3) is 32.9 Å². The van der Waals surface area contributed by atoms with Crippen LogP contribution in [0.15, 0.2) is 54.3 Å². The normalized spacial score (nSPS) is 19.7. The van der Waals surface area contributed by atoms with Crippen molar-refractivity contribution in [3.63, 3.8) is 0 Å². The summed E-state index contributed by atoms with van der Waals surface area (Å²) >= 11 is 0. The maximum absolute atomic E-state index is 16.7. The second kappa shape index (κ2) is 16.2. The Labute approximate surface area is 298 Å². The third-order valence-corrected chi connectivity index (χ3v) is 9.33. The Bertz CT molecular complexity index is 2060. The number of anilines is 1. The number of halogens is 6. The predicted octanol–water partition coefficient (Wildman–Crippen LogP) is 8.19. The summed E-state index contributed by atoms with van der Waals surface area (Å²) in [5.41, 5.74) is -1.32. The lowest BCUT2D eigenvalue weighted by molar-refractivity contribution is 0.108. The van der Waals surface area contributed by atoms with Crippen LogP contribution in [0.3, 0.4) is 0 Å². The number of ether oxygens (including phenoxy) is 1. The van der Waals surface area contributed by atoms with Crippen molar-refractivity contribution in [1.82, 2.24) is 25.2 Å². The number of aromatic nitrogens is 3. The molecule has 2 aromatic heterocycles. The van der Waals surface area contributed by atoms with Gasteiger partial charge in [-0.2, -0.15) is 27.5 Å². The molecule has 0 amide bonds. The van der Waals surface area contributed by atoms with Crippen LogP contribution in [0, 0.1) is 24.0 Å². The fourth-order valence-electron chi connectivity index (χ4n) is 7.17. The minimum Gasteiger partial charge on any atom is -0.508 e. The average molecular weight is 727 g/mol. The lowest BCUT2D eigenvalue weighted by Crippen LogP contribution is -2.50. The van der Waals surface area contributed by atoms with Crippen molar-refractivity contribution in [2.24, 2.45) is 0 Å². The smallest absolute Gasteiger partial charge is 0.319 e. The molecule has 52 heavy (non-hydrogen) atoms. The highest BCUT2D eigenvalue weighted by molar-refractivity contribution is 6.03. The van der Waals surface area contributed by atoms with Crippen LogP contribution in [0.4, 0.5) is 32.2 Å². The number of hydrogen-bond acceptors (Lipinski definition) is 8. The third kappa shape index (κ3) is 7.38. The monoisotopic (exact) mass is 726 g/mol. The Morgan fingerprint density at radius 3 is 2.60 bits per heavy atom. The second-order valence-corrected chi connectivity index (χ2v) is 12.2. The number of nitrogens with one attached hydrogen (secondary N) is 1. The first-order valence-electron chi connectivity index (χ1n) is 17.3. The van der Waals surface area contributed by atoms with Gasteiger partial charge in [-0.15, -0.1) is 6.42 Å². The minimum atomic E-state index is -1.86. The van der Waals surface area contributed by atoms with Crippen LogP contribution in [0.2, 0.25) is 0 Å². The molecule has 2 atom stereocenters. The Morgan fingerprint density at radius 1 is 1.12 bits per heavy atom. The summed E-state index contributed by atoms with van der Waals surface area (Å²) in [6.45, 7) is 9.37. The van der Waals surface area contributed by atoms with Crippen LogP contribution < -0.4 is 15.0 Å². The zero-order valence-electron chi connectivity index (χ0n) is 29.3. The topological polar surface area (TPSA) is 86.6 Å². The minimum absolute atomic E-state index is 0.0179. The first-order chi connectivity index (χ1) is 25.1. The zero-order chi connectivity index (χ0) is 37.7. The zero-order valence-corrected chi connectivity index (χ0v) is 29.3. The number of phenolic OH excluding ortho intramolecular Hbond substituents is 1. The van der Waals surface area contributed by atoms with Gasteiger partial charge in [-0.1, -0.05) is 39.7 Å². The van der Waals surface area contributed by atoms with Crippen LogP contribution in [-0.2, 0) is 0 Å². The largest absolute Gasteiger partial charge is 0.508 e.